The molecule has 0 heterocycles. The molecule has 0 unspecified atom stereocenters. The Morgan fingerprint density at radius 2 is 1.74 bits per heavy atom. The van der Waals surface area contributed by atoms with Gasteiger partial charge in [0.25, 0.3) is 5.91 Å². The van der Waals surface area contributed by atoms with Gasteiger partial charge in [0.15, 0.2) is 0 Å². The number of aliphatic hydroxyl groups excluding tert-OH is 1. The second kappa shape index (κ2) is 11.3. The number of nitrogens with one attached hydrogen (secondary N) is 2. The van der Waals surface area contributed by atoms with Gasteiger partial charge in [0.05, 0.1) is 12.3 Å². The number of para-hydroxylation sites is 1. The molecule has 34 heavy (non-hydrogen) atoms. The van der Waals surface area contributed by atoms with Crippen LogP contribution in [0.25, 0.3) is 10.8 Å². The van der Waals surface area contributed by atoms with Crippen LogP contribution in [0.1, 0.15) is 25.5 Å². The van der Waals surface area contributed by atoms with Crippen LogP contribution in [-0.2, 0) is 9.53 Å². The van der Waals surface area contributed by atoms with E-state index in [1.54, 1.807) is 49.7 Å². The summed E-state index contributed by atoms with van der Waals surface area (Å²) >= 11 is 0. The maximum absolute atomic E-state index is 13.0. The fraction of sp³-hybridized carbons (Fsp3) is 0.231. The van der Waals surface area contributed by atoms with E-state index < -0.39 is 23.5 Å². The lowest BCUT2D eigenvalue weighted by atomic mass is 9.81. The second-order valence-corrected chi connectivity index (χ2v) is 8.18. The SMILES string of the molecule is CC(C)(/C=C/C(=O)NO)[C@@H](OC(=O)Nc1cccc2ccccc12)c1ccccc1OCCO. The first-order chi connectivity index (χ1) is 16.4. The number of carbonyl (C=O) groups excluding carboxylic acids is 2. The van der Waals surface area contributed by atoms with Gasteiger partial charge in [-0.25, -0.2) is 10.3 Å². The van der Waals surface area contributed by atoms with Gasteiger partial charge in [0.2, 0.25) is 0 Å². The fourth-order valence-corrected chi connectivity index (χ4v) is 3.60. The van der Waals surface area contributed by atoms with Gasteiger partial charge in [-0.05, 0) is 17.5 Å². The Morgan fingerprint density at radius 3 is 2.50 bits per heavy atom. The van der Waals surface area contributed by atoms with Crippen LogP contribution < -0.4 is 15.5 Å². The predicted molar refractivity (Wildman–Crippen MR) is 129 cm³/mol. The zero-order valence-electron chi connectivity index (χ0n) is 19.0. The molecule has 3 aromatic carbocycles. The summed E-state index contributed by atoms with van der Waals surface area (Å²) in [4.78, 5) is 24.6. The molecule has 2 amide bonds. The molecule has 0 aliphatic carbocycles. The average Bonchev–Trinajstić information content (AvgIpc) is 2.85. The molecule has 8 heteroatoms. The van der Waals surface area contributed by atoms with E-state index in [0.29, 0.717) is 17.0 Å². The standard InChI is InChI=1S/C26H28N2O6/c1-26(2,15-14-23(30)28-32)24(20-11-5-6-13-22(20)33-17-16-29)34-25(31)27-21-12-7-9-18-8-3-4-10-19(18)21/h3-15,24,29,32H,16-17H2,1-2H3,(H,27,31)(H,28,30)/b15-14+/t24-/m0/s1. The first-order valence-corrected chi connectivity index (χ1v) is 10.8. The van der Waals surface area contributed by atoms with Gasteiger partial charge in [0, 0.05) is 22.4 Å². The van der Waals surface area contributed by atoms with Crippen molar-refractivity contribution in [1.82, 2.24) is 5.48 Å². The van der Waals surface area contributed by atoms with Gasteiger partial charge in [0.1, 0.15) is 18.5 Å². The molecule has 8 nitrogen and oxygen atoms in total. The zero-order chi connectivity index (χ0) is 24.6. The fourth-order valence-electron chi connectivity index (χ4n) is 3.60. The summed E-state index contributed by atoms with van der Waals surface area (Å²) in [5, 5.41) is 22.7. The third-order valence-corrected chi connectivity index (χ3v) is 5.25. The first kappa shape index (κ1) is 24.8. The number of anilines is 1. The maximum Gasteiger partial charge on any atom is 0.412 e. The molecule has 0 aliphatic rings. The minimum Gasteiger partial charge on any atom is -0.491 e. The van der Waals surface area contributed by atoms with Gasteiger partial charge < -0.3 is 14.6 Å². The van der Waals surface area contributed by atoms with E-state index in [0.717, 1.165) is 16.8 Å². The van der Waals surface area contributed by atoms with Crippen molar-refractivity contribution in [2.45, 2.75) is 20.0 Å². The van der Waals surface area contributed by atoms with Crippen LogP contribution in [0, 0.1) is 5.41 Å². The van der Waals surface area contributed by atoms with E-state index in [2.05, 4.69) is 5.32 Å². The van der Waals surface area contributed by atoms with E-state index >= 15 is 0 Å². The van der Waals surface area contributed by atoms with Crippen molar-refractivity contribution in [3.8, 4) is 5.75 Å². The second-order valence-electron chi connectivity index (χ2n) is 8.18. The summed E-state index contributed by atoms with van der Waals surface area (Å²) in [6.07, 6.45) is 1.14. The highest BCUT2D eigenvalue weighted by Crippen LogP contribution is 2.42. The molecular weight excluding hydrogens is 436 g/mol. The van der Waals surface area contributed by atoms with Gasteiger partial charge in [-0.1, -0.05) is 74.5 Å². The molecule has 3 aromatic rings. The predicted octanol–water partition coefficient (Wildman–Crippen LogP) is 4.59. The Bertz CT molecular complexity index is 1170. The van der Waals surface area contributed by atoms with Crippen LogP contribution in [0.3, 0.4) is 0 Å². The Morgan fingerprint density at radius 1 is 1.03 bits per heavy atom. The highest BCUT2D eigenvalue weighted by molar-refractivity contribution is 6.00. The molecule has 0 spiro atoms. The van der Waals surface area contributed by atoms with E-state index in [1.807, 2.05) is 36.4 Å². The Kier molecular flexibility index (Phi) is 8.24. The molecule has 4 N–H and O–H groups in total. The Labute approximate surface area is 197 Å². The summed E-state index contributed by atoms with van der Waals surface area (Å²) in [6.45, 7) is 3.45. The van der Waals surface area contributed by atoms with Crippen LogP contribution in [0.4, 0.5) is 10.5 Å². The van der Waals surface area contributed by atoms with Crippen LogP contribution in [0.5, 0.6) is 5.75 Å². The first-order valence-electron chi connectivity index (χ1n) is 10.8. The van der Waals surface area contributed by atoms with E-state index in [-0.39, 0.29) is 13.2 Å². The molecular formula is C26H28N2O6. The van der Waals surface area contributed by atoms with Gasteiger partial charge in [-0.15, -0.1) is 0 Å². The summed E-state index contributed by atoms with van der Waals surface area (Å²) < 4.78 is 11.6. The van der Waals surface area contributed by atoms with Gasteiger partial charge >= 0.3 is 6.09 Å². The average molecular weight is 465 g/mol. The number of carbonyl (C=O) groups is 2. The third-order valence-electron chi connectivity index (χ3n) is 5.25. The minimum atomic E-state index is -0.888. The van der Waals surface area contributed by atoms with Crippen molar-refractivity contribution < 1.29 is 29.4 Å². The number of hydrogen-bond acceptors (Lipinski definition) is 6. The molecule has 0 fully saturated rings. The number of rotatable bonds is 9. The normalized spacial score (nSPS) is 12.4. The van der Waals surface area contributed by atoms with E-state index in [4.69, 9.17) is 14.7 Å². The van der Waals surface area contributed by atoms with E-state index in [1.165, 1.54) is 6.08 Å². The van der Waals surface area contributed by atoms with Crippen molar-refractivity contribution in [1.29, 1.82) is 0 Å². The molecule has 3 rings (SSSR count). The molecule has 178 valence electrons. The quantitative estimate of drug-likeness (QED) is 0.209. The number of amides is 2. The highest BCUT2D eigenvalue weighted by Gasteiger charge is 2.34. The van der Waals surface area contributed by atoms with Crippen molar-refractivity contribution in [2.24, 2.45) is 5.41 Å². The number of benzene rings is 3. The van der Waals surface area contributed by atoms with Crippen molar-refractivity contribution in [2.75, 3.05) is 18.5 Å². The third kappa shape index (κ3) is 6.12. The Balaban J connectivity index is 1.94. The van der Waals surface area contributed by atoms with Crippen LogP contribution in [-0.4, -0.2) is 35.5 Å². The molecule has 0 bridgehead atoms. The lowest BCUT2D eigenvalue weighted by molar-refractivity contribution is -0.124. The number of ether oxygens (including phenoxy) is 2. The molecule has 0 saturated carbocycles. The number of aliphatic hydroxyl groups is 1. The molecule has 0 saturated heterocycles. The van der Waals surface area contributed by atoms with Crippen LogP contribution in [0.2, 0.25) is 0 Å². The minimum absolute atomic E-state index is 0.0646. The number of fused-ring (bicyclic) bond motifs is 1. The number of hydrogen-bond donors (Lipinski definition) is 4. The van der Waals surface area contributed by atoms with Crippen molar-refractivity contribution in [3.63, 3.8) is 0 Å². The highest BCUT2D eigenvalue weighted by atomic mass is 16.6. The van der Waals surface area contributed by atoms with Gasteiger partial charge in [-0.3, -0.25) is 15.3 Å². The molecule has 1 atom stereocenters. The zero-order valence-corrected chi connectivity index (χ0v) is 19.0. The monoisotopic (exact) mass is 464 g/mol. The molecule has 0 aliphatic heterocycles. The van der Waals surface area contributed by atoms with Crippen molar-refractivity contribution >= 4 is 28.5 Å². The van der Waals surface area contributed by atoms with E-state index in [9.17, 15) is 14.7 Å². The lowest BCUT2D eigenvalue weighted by Gasteiger charge is -2.32. The van der Waals surface area contributed by atoms with Gasteiger partial charge in [-0.2, -0.15) is 0 Å². The van der Waals surface area contributed by atoms with Crippen LogP contribution in [0.15, 0.2) is 78.9 Å². The topological polar surface area (TPSA) is 117 Å². The summed E-state index contributed by atoms with van der Waals surface area (Å²) in [5.74, 6) is -0.274. The van der Waals surface area contributed by atoms with Crippen molar-refractivity contribution in [3.05, 3.63) is 84.4 Å². The van der Waals surface area contributed by atoms with Crippen LogP contribution >= 0.6 is 0 Å². The maximum atomic E-state index is 13.0. The summed E-state index contributed by atoms with van der Waals surface area (Å²) in [6, 6.07) is 20.2. The largest absolute Gasteiger partial charge is 0.491 e. The smallest absolute Gasteiger partial charge is 0.412 e. The number of hydroxylamine groups is 1. The summed E-state index contributed by atoms with van der Waals surface area (Å²) in [5.41, 5.74) is 1.82. The summed E-state index contributed by atoms with van der Waals surface area (Å²) in [7, 11) is 0. The molecule has 0 radical (unpaired) electrons. The molecule has 0 aromatic heterocycles. The lowest BCUT2D eigenvalue weighted by Crippen LogP contribution is -2.29. The Hall–Kier alpha value is -3.88.